The molecule has 0 aliphatic heterocycles. The summed E-state index contributed by atoms with van der Waals surface area (Å²) in [5.74, 6) is 0.932. The lowest BCUT2D eigenvalue weighted by atomic mass is 10.3. The van der Waals surface area contributed by atoms with Gasteiger partial charge in [0.05, 0.1) is 17.1 Å². The summed E-state index contributed by atoms with van der Waals surface area (Å²) in [7, 11) is 0. The quantitative estimate of drug-likeness (QED) is 0.878. The SMILES string of the molecule is Cc1cn(C2CC2)c(Nc2cccnc2C)n1. The summed E-state index contributed by atoms with van der Waals surface area (Å²) in [6.07, 6.45) is 6.44. The molecule has 2 aromatic rings. The van der Waals surface area contributed by atoms with Crippen LogP contribution >= 0.6 is 0 Å². The minimum absolute atomic E-state index is 0.635. The Morgan fingerprint density at radius 1 is 1.35 bits per heavy atom. The number of aromatic nitrogens is 3. The normalized spacial score (nSPS) is 14.9. The molecule has 2 aromatic heterocycles. The zero-order valence-corrected chi connectivity index (χ0v) is 10.1. The van der Waals surface area contributed by atoms with E-state index < -0.39 is 0 Å². The molecule has 0 bridgehead atoms. The van der Waals surface area contributed by atoms with Gasteiger partial charge < -0.3 is 9.88 Å². The van der Waals surface area contributed by atoms with Crippen LogP contribution in [0.25, 0.3) is 0 Å². The number of imidazole rings is 1. The molecular formula is C13H16N4. The largest absolute Gasteiger partial charge is 0.324 e. The zero-order chi connectivity index (χ0) is 11.8. The van der Waals surface area contributed by atoms with Crippen LogP contribution in [0.1, 0.15) is 30.3 Å². The van der Waals surface area contributed by atoms with Gasteiger partial charge in [0.1, 0.15) is 0 Å². The molecular weight excluding hydrogens is 212 g/mol. The summed E-state index contributed by atoms with van der Waals surface area (Å²) in [5.41, 5.74) is 3.08. The second kappa shape index (κ2) is 3.87. The lowest BCUT2D eigenvalue weighted by molar-refractivity contribution is 0.750. The van der Waals surface area contributed by atoms with Gasteiger partial charge in [-0.25, -0.2) is 4.98 Å². The number of aryl methyl sites for hydroxylation is 2. The summed E-state index contributed by atoms with van der Waals surface area (Å²) in [5, 5.41) is 3.37. The highest BCUT2D eigenvalue weighted by molar-refractivity contribution is 5.56. The maximum atomic E-state index is 4.53. The Labute approximate surface area is 101 Å². The first-order valence-electron chi connectivity index (χ1n) is 5.98. The van der Waals surface area contributed by atoms with Gasteiger partial charge in [0.2, 0.25) is 5.95 Å². The number of pyridine rings is 1. The molecule has 4 nitrogen and oxygen atoms in total. The summed E-state index contributed by atoms with van der Waals surface area (Å²) < 4.78 is 2.24. The molecule has 88 valence electrons. The Balaban J connectivity index is 1.92. The van der Waals surface area contributed by atoms with Crippen LogP contribution in [0.4, 0.5) is 11.6 Å². The number of hydrogen-bond donors (Lipinski definition) is 1. The topological polar surface area (TPSA) is 42.7 Å². The minimum Gasteiger partial charge on any atom is -0.324 e. The first kappa shape index (κ1) is 10.3. The van der Waals surface area contributed by atoms with Crippen LogP contribution < -0.4 is 5.32 Å². The molecule has 1 N–H and O–H groups in total. The molecule has 0 amide bonds. The Hall–Kier alpha value is -1.84. The summed E-state index contributed by atoms with van der Waals surface area (Å²) in [6.45, 7) is 4.03. The molecule has 1 saturated carbocycles. The second-order valence-corrected chi connectivity index (χ2v) is 4.61. The molecule has 17 heavy (non-hydrogen) atoms. The van der Waals surface area contributed by atoms with Crippen LogP contribution in [-0.4, -0.2) is 14.5 Å². The first-order valence-corrected chi connectivity index (χ1v) is 5.98. The van der Waals surface area contributed by atoms with Crippen molar-refractivity contribution in [2.45, 2.75) is 32.7 Å². The lowest BCUT2D eigenvalue weighted by Crippen LogP contribution is -2.02. The maximum absolute atomic E-state index is 4.53. The van der Waals surface area contributed by atoms with E-state index in [1.54, 1.807) is 6.20 Å². The van der Waals surface area contributed by atoms with E-state index in [0.29, 0.717) is 6.04 Å². The van der Waals surface area contributed by atoms with E-state index in [1.807, 2.05) is 26.0 Å². The number of nitrogens with one attached hydrogen (secondary N) is 1. The van der Waals surface area contributed by atoms with E-state index in [9.17, 15) is 0 Å². The smallest absolute Gasteiger partial charge is 0.207 e. The highest BCUT2D eigenvalue weighted by Gasteiger charge is 2.26. The van der Waals surface area contributed by atoms with Crippen molar-refractivity contribution < 1.29 is 0 Å². The first-order chi connectivity index (χ1) is 8.24. The molecule has 3 rings (SSSR count). The molecule has 0 saturated heterocycles. The van der Waals surface area contributed by atoms with Crippen molar-refractivity contribution in [1.82, 2.24) is 14.5 Å². The fourth-order valence-corrected chi connectivity index (χ4v) is 1.98. The third-order valence-electron chi connectivity index (χ3n) is 3.05. The van der Waals surface area contributed by atoms with Gasteiger partial charge in [-0.2, -0.15) is 0 Å². The van der Waals surface area contributed by atoms with Crippen molar-refractivity contribution in [2.75, 3.05) is 5.32 Å². The highest BCUT2D eigenvalue weighted by atomic mass is 15.2. The van der Waals surface area contributed by atoms with Gasteiger partial charge >= 0.3 is 0 Å². The van der Waals surface area contributed by atoms with Crippen molar-refractivity contribution in [2.24, 2.45) is 0 Å². The van der Waals surface area contributed by atoms with Crippen molar-refractivity contribution in [3.05, 3.63) is 35.9 Å². The molecule has 0 spiro atoms. The number of hydrogen-bond acceptors (Lipinski definition) is 3. The van der Waals surface area contributed by atoms with Gasteiger partial charge in [-0.05, 0) is 38.8 Å². The predicted molar refractivity (Wildman–Crippen MR) is 67.5 cm³/mol. The van der Waals surface area contributed by atoms with Crippen LogP contribution in [0.5, 0.6) is 0 Å². The highest BCUT2D eigenvalue weighted by Crippen LogP contribution is 2.38. The molecule has 1 fully saturated rings. The average molecular weight is 228 g/mol. The van der Waals surface area contributed by atoms with E-state index in [4.69, 9.17) is 0 Å². The molecule has 4 heteroatoms. The van der Waals surface area contributed by atoms with Crippen LogP contribution in [0.2, 0.25) is 0 Å². The van der Waals surface area contributed by atoms with Crippen LogP contribution in [0.15, 0.2) is 24.5 Å². The second-order valence-electron chi connectivity index (χ2n) is 4.61. The monoisotopic (exact) mass is 228 g/mol. The third-order valence-corrected chi connectivity index (χ3v) is 3.05. The van der Waals surface area contributed by atoms with Gasteiger partial charge in [0.15, 0.2) is 0 Å². The molecule has 1 aliphatic carbocycles. The third kappa shape index (κ3) is 2.02. The van der Waals surface area contributed by atoms with Gasteiger partial charge in [-0.15, -0.1) is 0 Å². The maximum Gasteiger partial charge on any atom is 0.207 e. The Kier molecular flexibility index (Phi) is 2.35. The van der Waals surface area contributed by atoms with E-state index in [1.165, 1.54) is 12.8 Å². The van der Waals surface area contributed by atoms with E-state index in [0.717, 1.165) is 23.0 Å². The van der Waals surface area contributed by atoms with Crippen molar-refractivity contribution >= 4 is 11.6 Å². The van der Waals surface area contributed by atoms with Gasteiger partial charge in [-0.3, -0.25) is 4.98 Å². The van der Waals surface area contributed by atoms with E-state index in [2.05, 4.69) is 26.0 Å². The Bertz CT molecular complexity index is 540. The van der Waals surface area contributed by atoms with Crippen LogP contribution in [0.3, 0.4) is 0 Å². The summed E-state index contributed by atoms with van der Waals surface area (Å²) in [4.78, 5) is 8.81. The Morgan fingerprint density at radius 2 is 2.18 bits per heavy atom. The number of rotatable bonds is 3. The van der Waals surface area contributed by atoms with Crippen molar-refractivity contribution in [3.8, 4) is 0 Å². The predicted octanol–water partition coefficient (Wildman–Crippen LogP) is 2.97. The molecule has 2 heterocycles. The minimum atomic E-state index is 0.635. The molecule has 1 aliphatic rings. The molecule has 0 aromatic carbocycles. The fourth-order valence-electron chi connectivity index (χ4n) is 1.98. The van der Waals surface area contributed by atoms with E-state index in [-0.39, 0.29) is 0 Å². The van der Waals surface area contributed by atoms with Gasteiger partial charge in [0.25, 0.3) is 0 Å². The van der Waals surface area contributed by atoms with Gasteiger partial charge in [0, 0.05) is 18.4 Å². The lowest BCUT2D eigenvalue weighted by Gasteiger charge is -2.09. The van der Waals surface area contributed by atoms with Crippen molar-refractivity contribution in [3.63, 3.8) is 0 Å². The summed E-state index contributed by atoms with van der Waals surface area (Å²) in [6, 6.07) is 4.60. The molecule has 0 radical (unpaired) electrons. The van der Waals surface area contributed by atoms with Crippen molar-refractivity contribution in [1.29, 1.82) is 0 Å². The Morgan fingerprint density at radius 3 is 2.88 bits per heavy atom. The van der Waals surface area contributed by atoms with Gasteiger partial charge in [-0.1, -0.05) is 0 Å². The molecule has 0 unspecified atom stereocenters. The number of anilines is 2. The standard InChI is InChI=1S/C13H16N4/c1-9-8-17(11-5-6-11)13(15-9)16-12-4-3-7-14-10(12)2/h3-4,7-8,11H,5-6H2,1-2H3,(H,15,16). The van der Waals surface area contributed by atoms with Crippen LogP contribution in [-0.2, 0) is 0 Å². The average Bonchev–Trinajstić information content (AvgIpc) is 3.07. The fraction of sp³-hybridized carbons (Fsp3) is 0.385. The molecule has 0 atom stereocenters. The van der Waals surface area contributed by atoms with Crippen LogP contribution in [0, 0.1) is 13.8 Å². The number of nitrogens with zero attached hydrogens (tertiary/aromatic N) is 3. The van der Waals surface area contributed by atoms with E-state index >= 15 is 0 Å². The summed E-state index contributed by atoms with van der Waals surface area (Å²) >= 11 is 0. The zero-order valence-electron chi connectivity index (χ0n) is 10.1.